The number of carbonyl (C=O) groups is 1. The highest BCUT2D eigenvalue weighted by atomic mass is 32.1. The van der Waals surface area contributed by atoms with Crippen LogP contribution in [0.25, 0.3) is 17.3 Å². The number of nitrogens with one attached hydrogen (secondary N) is 1. The number of benzene rings is 3. The standard InChI is InChI=1S/C29H25N3O4S/c1-3-17-36-24-15-9-7-11-20(24)18-26-28(34)32(21-12-5-4-6-13-21)29(37-26)22(19-30)27(33)31-23-14-8-10-16-25(23)35-2/h4-16,18H,3,17H2,1-2H3,(H,31,33). The van der Waals surface area contributed by atoms with Crippen molar-refractivity contribution >= 4 is 34.6 Å². The number of amides is 1. The fourth-order valence-electron chi connectivity index (χ4n) is 3.67. The number of thiazole rings is 1. The van der Waals surface area contributed by atoms with Crippen molar-refractivity contribution in [2.24, 2.45) is 0 Å². The van der Waals surface area contributed by atoms with Gasteiger partial charge >= 0.3 is 0 Å². The van der Waals surface area contributed by atoms with Gasteiger partial charge in [-0.05, 0) is 42.8 Å². The Kier molecular flexibility index (Phi) is 8.18. The molecule has 0 saturated carbocycles. The van der Waals surface area contributed by atoms with Gasteiger partial charge < -0.3 is 14.8 Å². The Morgan fingerprint density at radius 2 is 1.70 bits per heavy atom. The molecule has 0 saturated heterocycles. The van der Waals surface area contributed by atoms with Gasteiger partial charge in [0.05, 0.1) is 29.6 Å². The van der Waals surface area contributed by atoms with Crippen LogP contribution in [-0.4, -0.2) is 24.2 Å². The summed E-state index contributed by atoms with van der Waals surface area (Å²) in [6.07, 6.45) is 2.58. The van der Waals surface area contributed by atoms with Crippen molar-refractivity contribution in [1.82, 2.24) is 4.57 Å². The van der Waals surface area contributed by atoms with Gasteiger partial charge in [-0.1, -0.05) is 55.5 Å². The molecular formula is C29H25N3O4S. The van der Waals surface area contributed by atoms with Gasteiger partial charge in [-0.15, -0.1) is 11.3 Å². The normalized spacial score (nSPS) is 12.0. The van der Waals surface area contributed by atoms with E-state index in [4.69, 9.17) is 9.47 Å². The first-order valence-corrected chi connectivity index (χ1v) is 12.5. The highest BCUT2D eigenvalue weighted by molar-refractivity contribution is 7.07. The zero-order chi connectivity index (χ0) is 26.2. The summed E-state index contributed by atoms with van der Waals surface area (Å²) in [5.74, 6) is 0.469. The zero-order valence-electron chi connectivity index (χ0n) is 20.4. The van der Waals surface area contributed by atoms with E-state index in [1.807, 2.05) is 43.3 Å². The minimum Gasteiger partial charge on any atom is -0.495 e. The second-order valence-corrected chi connectivity index (χ2v) is 8.95. The van der Waals surface area contributed by atoms with Crippen molar-refractivity contribution in [1.29, 1.82) is 5.26 Å². The number of methoxy groups -OCH3 is 1. The van der Waals surface area contributed by atoms with Gasteiger partial charge in [0.2, 0.25) is 0 Å². The fourth-order valence-corrected chi connectivity index (χ4v) is 4.77. The Morgan fingerprint density at radius 1 is 1.03 bits per heavy atom. The molecule has 0 atom stereocenters. The number of carbonyl (C=O) groups excluding carboxylic acids is 1. The van der Waals surface area contributed by atoms with Gasteiger partial charge in [-0.2, -0.15) is 5.26 Å². The second kappa shape index (κ2) is 11.9. The molecule has 1 heterocycles. The summed E-state index contributed by atoms with van der Waals surface area (Å²) in [4.78, 5) is 26.9. The summed E-state index contributed by atoms with van der Waals surface area (Å²) < 4.78 is 13.1. The highest BCUT2D eigenvalue weighted by Crippen LogP contribution is 2.23. The van der Waals surface area contributed by atoms with Crippen molar-refractivity contribution in [3.05, 3.63) is 104 Å². The summed E-state index contributed by atoms with van der Waals surface area (Å²) in [6.45, 7) is 2.57. The SMILES string of the molecule is CCCOc1ccccc1C=c1sc(=C(C#N)C(=O)Nc2ccccc2OC)n(-c2ccccc2)c1=O. The molecule has 0 unspecified atom stereocenters. The van der Waals surface area contributed by atoms with Gasteiger partial charge in [0, 0.05) is 5.56 Å². The van der Waals surface area contributed by atoms with Crippen molar-refractivity contribution in [3.63, 3.8) is 0 Å². The lowest BCUT2D eigenvalue weighted by molar-refractivity contribution is -0.111. The lowest BCUT2D eigenvalue weighted by Crippen LogP contribution is -2.32. The van der Waals surface area contributed by atoms with Gasteiger partial charge in [-0.25, -0.2) is 0 Å². The van der Waals surface area contributed by atoms with Crippen molar-refractivity contribution in [2.75, 3.05) is 19.0 Å². The number of rotatable bonds is 8. The Labute approximate surface area is 218 Å². The third-order valence-corrected chi connectivity index (χ3v) is 6.51. The molecule has 186 valence electrons. The van der Waals surface area contributed by atoms with E-state index in [9.17, 15) is 14.9 Å². The van der Waals surface area contributed by atoms with E-state index >= 15 is 0 Å². The first-order valence-electron chi connectivity index (χ1n) is 11.7. The van der Waals surface area contributed by atoms with Crippen LogP contribution in [-0.2, 0) is 4.79 Å². The predicted octanol–water partition coefficient (Wildman–Crippen LogP) is 3.84. The number of anilines is 1. The Hall–Kier alpha value is -4.61. The van der Waals surface area contributed by atoms with E-state index in [0.717, 1.165) is 23.3 Å². The molecule has 1 N–H and O–H groups in total. The number of para-hydroxylation sites is 4. The molecule has 0 bridgehead atoms. The summed E-state index contributed by atoms with van der Waals surface area (Å²) in [6, 6.07) is 25.3. The molecule has 0 aliphatic carbocycles. The van der Waals surface area contributed by atoms with Gasteiger partial charge in [-0.3, -0.25) is 14.2 Å². The van der Waals surface area contributed by atoms with Crippen LogP contribution in [0.3, 0.4) is 0 Å². The van der Waals surface area contributed by atoms with Crippen LogP contribution < -0.4 is 29.5 Å². The van der Waals surface area contributed by atoms with Crippen LogP contribution in [0.4, 0.5) is 5.69 Å². The van der Waals surface area contributed by atoms with Crippen LogP contribution in [0.5, 0.6) is 11.5 Å². The van der Waals surface area contributed by atoms with E-state index in [0.29, 0.717) is 34.0 Å². The third kappa shape index (κ3) is 5.63. The molecule has 1 amide bonds. The second-order valence-electron chi connectivity index (χ2n) is 7.92. The average molecular weight is 512 g/mol. The monoisotopic (exact) mass is 511 g/mol. The molecule has 1 aromatic heterocycles. The van der Waals surface area contributed by atoms with Gasteiger partial charge in [0.1, 0.15) is 22.2 Å². The zero-order valence-corrected chi connectivity index (χ0v) is 21.2. The fraction of sp³-hybridized carbons (Fsp3) is 0.138. The first-order chi connectivity index (χ1) is 18.1. The molecule has 3 aromatic carbocycles. The molecule has 4 aromatic rings. The van der Waals surface area contributed by atoms with Gasteiger partial charge in [0.15, 0.2) is 5.57 Å². The summed E-state index contributed by atoms with van der Waals surface area (Å²) >= 11 is 1.08. The van der Waals surface area contributed by atoms with Crippen LogP contribution in [0.1, 0.15) is 18.9 Å². The third-order valence-electron chi connectivity index (χ3n) is 5.41. The summed E-state index contributed by atoms with van der Waals surface area (Å²) in [7, 11) is 1.50. The molecule has 7 nitrogen and oxygen atoms in total. The maximum Gasteiger partial charge on any atom is 0.273 e. The number of hydrogen-bond donors (Lipinski definition) is 1. The van der Waals surface area contributed by atoms with Crippen molar-refractivity contribution in [2.45, 2.75) is 13.3 Å². The smallest absolute Gasteiger partial charge is 0.273 e. The number of nitriles is 1. The minimum atomic E-state index is -0.642. The molecule has 0 spiro atoms. The molecule has 4 rings (SSSR count). The molecule has 37 heavy (non-hydrogen) atoms. The molecule has 0 aliphatic rings. The predicted molar refractivity (Wildman–Crippen MR) is 146 cm³/mol. The molecule has 0 fully saturated rings. The largest absolute Gasteiger partial charge is 0.495 e. The van der Waals surface area contributed by atoms with Gasteiger partial charge in [0.25, 0.3) is 11.5 Å². The highest BCUT2D eigenvalue weighted by Gasteiger charge is 2.18. The van der Waals surface area contributed by atoms with Crippen LogP contribution in [0.15, 0.2) is 83.7 Å². The molecule has 8 heteroatoms. The van der Waals surface area contributed by atoms with E-state index in [1.54, 1.807) is 54.6 Å². The Bertz CT molecular complexity index is 1630. The van der Waals surface area contributed by atoms with Crippen molar-refractivity contribution in [3.8, 4) is 23.3 Å². The topological polar surface area (TPSA) is 93.3 Å². The van der Waals surface area contributed by atoms with E-state index in [1.165, 1.54) is 11.7 Å². The molecular weight excluding hydrogens is 486 g/mol. The van der Waals surface area contributed by atoms with Crippen LogP contribution in [0.2, 0.25) is 0 Å². The number of hydrogen-bond acceptors (Lipinski definition) is 6. The molecule has 0 aliphatic heterocycles. The van der Waals surface area contributed by atoms with Crippen LogP contribution >= 0.6 is 11.3 Å². The maximum atomic E-state index is 13.6. The average Bonchev–Trinajstić information content (AvgIpc) is 3.24. The first kappa shape index (κ1) is 25.5. The number of aromatic nitrogens is 1. The van der Waals surface area contributed by atoms with Crippen molar-refractivity contribution < 1.29 is 14.3 Å². The number of nitrogens with zero attached hydrogens (tertiary/aromatic N) is 2. The maximum absolute atomic E-state index is 13.6. The lowest BCUT2D eigenvalue weighted by Gasteiger charge is -2.09. The summed E-state index contributed by atoms with van der Waals surface area (Å²) in [5, 5.41) is 12.8. The lowest BCUT2D eigenvalue weighted by atomic mass is 10.2. The van der Waals surface area contributed by atoms with E-state index in [2.05, 4.69) is 5.32 Å². The van der Waals surface area contributed by atoms with E-state index < -0.39 is 5.91 Å². The number of ether oxygens (including phenoxy) is 2. The Balaban J connectivity index is 1.94. The van der Waals surface area contributed by atoms with E-state index in [-0.39, 0.29) is 15.8 Å². The molecule has 0 radical (unpaired) electrons. The van der Waals surface area contributed by atoms with Crippen LogP contribution in [0, 0.1) is 11.3 Å². The summed E-state index contributed by atoms with van der Waals surface area (Å²) in [5.41, 5.74) is 1.17. The Morgan fingerprint density at radius 3 is 2.41 bits per heavy atom. The quantitative estimate of drug-likeness (QED) is 0.388. The minimum absolute atomic E-state index is 0.188.